The maximum atomic E-state index is 11.5. The van der Waals surface area contributed by atoms with Gasteiger partial charge in [-0.3, -0.25) is 0 Å². The third-order valence-corrected chi connectivity index (χ3v) is 2.81. The number of nitrogens with zero attached hydrogens (tertiary/aromatic N) is 1. The molecular weight excluding hydrogens is 228 g/mol. The molecule has 6 heteroatoms. The van der Waals surface area contributed by atoms with Gasteiger partial charge in [0.25, 0.3) is 0 Å². The summed E-state index contributed by atoms with van der Waals surface area (Å²) in [6, 6.07) is 5.03. The molecule has 1 heterocycles. The highest BCUT2D eigenvalue weighted by atomic mass is 32.1. The van der Waals surface area contributed by atoms with E-state index in [2.05, 4.69) is 4.98 Å². The number of esters is 1. The molecule has 2 rings (SSSR count). The van der Waals surface area contributed by atoms with Crippen molar-refractivity contribution in [3.8, 4) is 0 Å². The Balaban J connectivity index is 2.28. The van der Waals surface area contributed by atoms with E-state index in [0.29, 0.717) is 10.7 Å². The molecule has 0 unspecified atom stereocenters. The van der Waals surface area contributed by atoms with E-state index in [-0.39, 0.29) is 13.2 Å². The van der Waals surface area contributed by atoms with Gasteiger partial charge in [-0.15, -0.1) is 0 Å². The number of carbonyl (C=O) groups excluding carboxylic acids is 1. The van der Waals surface area contributed by atoms with Gasteiger partial charge in [-0.05, 0) is 18.2 Å². The van der Waals surface area contributed by atoms with Crippen LogP contribution >= 0.6 is 11.3 Å². The average molecular weight is 238 g/mol. The molecule has 0 bridgehead atoms. The second-order valence-corrected chi connectivity index (χ2v) is 4.16. The number of nitrogen functional groups attached to an aromatic ring is 1. The summed E-state index contributed by atoms with van der Waals surface area (Å²) in [5, 5.41) is 9.00. The van der Waals surface area contributed by atoms with E-state index in [1.807, 2.05) is 0 Å². The summed E-state index contributed by atoms with van der Waals surface area (Å²) >= 11 is 1.32. The Labute approximate surface area is 95.5 Å². The van der Waals surface area contributed by atoms with E-state index in [4.69, 9.17) is 15.6 Å². The van der Waals surface area contributed by atoms with Gasteiger partial charge in [0, 0.05) is 0 Å². The molecular formula is C10H10N2O3S. The minimum atomic E-state index is -0.456. The predicted molar refractivity (Wildman–Crippen MR) is 61.4 cm³/mol. The van der Waals surface area contributed by atoms with E-state index >= 15 is 0 Å². The van der Waals surface area contributed by atoms with Crippen LogP contribution in [0.2, 0.25) is 0 Å². The first kappa shape index (κ1) is 10.8. The number of nitrogens with two attached hydrogens (primary N) is 1. The number of hydrogen-bond donors (Lipinski definition) is 2. The molecule has 84 valence electrons. The van der Waals surface area contributed by atoms with Gasteiger partial charge in [-0.1, -0.05) is 11.3 Å². The number of hydrogen-bond acceptors (Lipinski definition) is 6. The number of benzene rings is 1. The fraction of sp³-hybridized carbons (Fsp3) is 0.200. The van der Waals surface area contributed by atoms with Crippen molar-refractivity contribution in [2.75, 3.05) is 18.9 Å². The van der Waals surface area contributed by atoms with Gasteiger partial charge in [-0.25, -0.2) is 9.78 Å². The molecule has 0 fully saturated rings. The van der Waals surface area contributed by atoms with Gasteiger partial charge in [0.1, 0.15) is 6.61 Å². The van der Waals surface area contributed by atoms with Gasteiger partial charge < -0.3 is 15.6 Å². The number of fused-ring (bicyclic) bond motifs is 1. The topological polar surface area (TPSA) is 85.4 Å². The maximum Gasteiger partial charge on any atom is 0.338 e. The van der Waals surface area contributed by atoms with Crippen LogP contribution in [0.25, 0.3) is 10.2 Å². The summed E-state index contributed by atoms with van der Waals surface area (Å²) in [5.74, 6) is -0.456. The SMILES string of the molecule is Nc1nc2ccc(C(=O)OCCO)cc2s1. The number of aromatic nitrogens is 1. The van der Waals surface area contributed by atoms with Crippen molar-refractivity contribution in [1.29, 1.82) is 0 Å². The number of aliphatic hydroxyl groups excluding tert-OH is 1. The van der Waals surface area contributed by atoms with Gasteiger partial charge >= 0.3 is 5.97 Å². The first-order valence-electron chi connectivity index (χ1n) is 4.65. The van der Waals surface area contributed by atoms with Crippen LogP contribution in [-0.2, 0) is 4.74 Å². The highest BCUT2D eigenvalue weighted by molar-refractivity contribution is 7.22. The van der Waals surface area contributed by atoms with E-state index in [1.54, 1.807) is 18.2 Å². The summed E-state index contributed by atoms with van der Waals surface area (Å²) in [5.41, 5.74) is 6.75. The van der Waals surface area contributed by atoms with Crippen molar-refractivity contribution in [3.63, 3.8) is 0 Å². The quantitative estimate of drug-likeness (QED) is 0.780. The second-order valence-electron chi connectivity index (χ2n) is 3.09. The highest BCUT2D eigenvalue weighted by Crippen LogP contribution is 2.24. The fourth-order valence-corrected chi connectivity index (χ4v) is 2.06. The van der Waals surface area contributed by atoms with Gasteiger partial charge in [0.2, 0.25) is 0 Å². The third-order valence-electron chi connectivity index (χ3n) is 1.97. The van der Waals surface area contributed by atoms with Crippen molar-refractivity contribution < 1.29 is 14.6 Å². The van der Waals surface area contributed by atoms with Gasteiger partial charge in [0.15, 0.2) is 5.13 Å². The standard InChI is InChI=1S/C10H10N2O3S/c11-10-12-7-2-1-6(5-8(7)16-10)9(14)15-4-3-13/h1-2,5,13H,3-4H2,(H2,11,12). The van der Waals surface area contributed by atoms with E-state index in [9.17, 15) is 4.79 Å². The summed E-state index contributed by atoms with van der Waals surface area (Å²) in [4.78, 5) is 15.6. The Bertz CT molecular complexity index is 524. The Morgan fingerprint density at radius 1 is 1.56 bits per heavy atom. The van der Waals surface area contributed by atoms with Crippen molar-refractivity contribution in [2.24, 2.45) is 0 Å². The minimum absolute atomic E-state index is 0.00169. The largest absolute Gasteiger partial charge is 0.460 e. The molecule has 0 amide bonds. The predicted octanol–water partition coefficient (Wildman–Crippen LogP) is 1.03. The van der Waals surface area contributed by atoms with Crippen LogP contribution in [0, 0.1) is 0 Å². The molecule has 1 aromatic heterocycles. The fourth-order valence-electron chi connectivity index (χ4n) is 1.29. The smallest absolute Gasteiger partial charge is 0.338 e. The van der Waals surface area contributed by atoms with Crippen LogP contribution in [0.15, 0.2) is 18.2 Å². The molecule has 2 aromatic rings. The van der Waals surface area contributed by atoms with Crippen molar-refractivity contribution in [3.05, 3.63) is 23.8 Å². The lowest BCUT2D eigenvalue weighted by Crippen LogP contribution is -2.08. The summed E-state index contributed by atoms with van der Waals surface area (Å²) < 4.78 is 5.64. The summed E-state index contributed by atoms with van der Waals surface area (Å²) in [7, 11) is 0. The molecule has 0 saturated heterocycles. The molecule has 3 N–H and O–H groups in total. The molecule has 0 saturated carbocycles. The minimum Gasteiger partial charge on any atom is -0.460 e. The average Bonchev–Trinajstić information content (AvgIpc) is 2.64. The molecule has 5 nitrogen and oxygen atoms in total. The maximum absolute atomic E-state index is 11.5. The van der Waals surface area contributed by atoms with Crippen molar-refractivity contribution in [2.45, 2.75) is 0 Å². The number of carbonyl (C=O) groups is 1. The first-order chi connectivity index (χ1) is 7.70. The number of ether oxygens (including phenoxy) is 1. The lowest BCUT2D eigenvalue weighted by atomic mass is 10.2. The normalized spacial score (nSPS) is 10.6. The summed E-state index contributed by atoms with van der Waals surface area (Å²) in [6.07, 6.45) is 0. The zero-order valence-corrected chi connectivity index (χ0v) is 9.16. The van der Waals surface area contributed by atoms with Crippen LogP contribution in [0.4, 0.5) is 5.13 Å². The molecule has 0 aliphatic heterocycles. The Morgan fingerprint density at radius 2 is 2.38 bits per heavy atom. The van der Waals surface area contributed by atoms with E-state index < -0.39 is 5.97 Å². The Morgan fingerprint density at radius 3 is 3.12 bits per heavy atom. The number of aliphatic hydroxyl groups is 1. The van der Waals surface area contributed by atoms with Crippen LogP contribution in [0.3, 0.4) is 0 Å². The van der Waals surface area contributed by atoms with E-state index in [1.165, 1.54) is 11.3 Å². The molecule has 0 atom stereocenters. The molecule has 0 aliphatic rings. The van der Waals surface area contributed by atoms with Gasteiger partial charge in [0.05, 0.1) is 22.4 Å². The molecule has 0 radical (unpaired) electrons. The Hall–Kier alpha value is -1.66. The number of anilines is 1. The molecule has 0 aliphatic carbocycles. The Kier molecular flexibility index (Phi) is 3.02. The highest BCUT2D eigenvalue weighted by Gasteiger charge is 2.09. The monoisotopic (exact) mass is 238 g/mol. The zero-order valence-electron chi connectivity index (χ0n) is 8.34. The molecule has 16 heavy (non-hydrogen) atoms. The third kappa shape index (κ3) is 2.12. The van der Waals surface area contributed by atoms with Crippen LogP contribution in [0.1, 0.15) is 10.4 Å². The molecule has 1 aromatic carbocycles. The van der Waals surface area contributed by atoms with E-state index in [0.717, 1.165) is 10.2 Å². The van der Waals surface area contributed by atoms with Gasteiger partial charge in [-0.2, -0.15) is 0 Å². The second kappa shape index (κ2) is 4.46. The van der Waals surface area contributed by atoms with Crippen molar-refractivity contribution >= 4 is 32.7 Å². The van der Waals surface area contributed by atoms with Crippen LogP contribution in [0.5, 0.6) is 0 Å². The summed E-state index contributed by atoms with van der Waals surface area (Å²) in [6.45, 7) is -0.177. The number of rotatable bonds is 3. The zero-order chi connectivity index (χ0) is 11.5. The number of thiazole rings is 1. The van der Waals surface area contributed by atoms with Crippen LogP contribution in [-0.4, -0.2) is 29.3 Å². The van der Waals surface area contributed by atoms with Crippen LogP contribution < -0.4 is 5.73 Å². The first-order valence-corrected chi connectivity index (χ1v) is 5.46. The molecule has 0 spiro atoms. The lowest BCUT2D eigenvalue weighted by molar-refractivity contribution is 0.0434. The lowest BCUT2D eigenvalue weighted by Gasteiger charge is -2.01. The van der Waals surface area contributed by atoms with Crippen molar-refractivity contribution in [1.82, 2.24) is 4.98 Å².